The zero-order valence-electron chi connectivity index (χ0n) is 14.0. The molecule has 0 saturated carbocycles. The van der Waals surface area contributed by atoms with Crippen molar-refractivity contribution in [3.63, 3.8) is 0 Å². The van der Waals surface area contributed by atoms with Crippen LogP contribution in [0.2, 0.25) is 0 Å². The fourth-order valence-corrected chi connectivity index (χ4v) is 2.80. The average Bonchev–Trinajstić information content (AvgIpc) is 2.68. The molecule has 0 unspecified atom stereocenters. The summed E-state index contributed by atoms with van der Waals surface area (Å²) in [6, 6.07) is 29.9. The Morgan fingerprint density at radius 3 is 1.76 bits per heavy atom. The highest BCUT2D eigenvalue weighted by Gasteiger charge is 2.18. The number of amides is 1. The number of carbonyl (C=O) groups excluding carboxylic acids is 1. The summed E-state index contributed by atoms with van der Waals surface area (Å²) in [6.45, 7) is 0.355. The quantitative estimate of drug-likeness (QED) is 0.649. The average molecular weight is 331 g/mol. The van der Waals surface area contributed by atoms with Gasteiger partial charge in [-0.1, -0.05) is 91.0 Å². The van der Waals surface area contributed by atoms with Crippen LogP contribution in [0.3, 0.4) is 0 Å². The third kappa shape index (κ3) is 5.03. The molecule has 0 radical (unpaired) electrons. The molecule has 0 bridgehead atoms. The molecule has 126 valence electrons. The molecule has 3 aromatic rings. The summed E-state index contributed by atoms with van der Waals surface area (Å²) in [5, 5.41) is 0. The molecule has 3 aromatic carbocycles. The first kappa shape index (κ1) is 16.9. The highest BCUT2D eigenvalue weighted by Crippen LogP contribution is 2.27. The van der Waals surface area contributed by atoms with E-state index < -0.39 is 0 Å². The summed E-state index contributed by atoms with van der Waals surface area (Å²) in [6.07, 6.45) is 0.336. The third-order valence-electron chi connectivity index (χ3n) is 4.06. The number of benzene rings is 3. The lowest BCUT2D eigenvalue weighted by Crippen LogP contribution is -2.25. The largest absolute Gasteiger partial charge is 0.273 e. The minimum Gasteiger partial charge on any atom is -0.273 e. The molecule has 0 atom stereocenters. The summed E-state index contributed by atoms with van der Waals surface area (Å²) in [7, 11) is 0. The minimum absolute atomic E-state index is 0.00252. The standard InChI is InChI=1S/C22H21NO2/c24-22(23-25-17-18-10-4-1-5-11-18)16-21(19-12-6-2-7-13-19)20-14-8-3-9-15-20/h1-15,21H,16-17H2,(H,23,24). The van der Waals surface area contributed by atoms with E-state index in [0.717, 1.165) is 16.7 Å². The van der Waals surface area contributed by atoms with Gasteiger partial charge >= 0.3 is 0 Å². The summed E-state index contributed by atoms with van der Waals surface area (Å²) in [4.78, 5) is 17.7. The predicted molar refractivity (Wildman–Crippen MR) is 98.7 cm³/mol. The lowest BCUT2D eigenvalue weighted by Gasteiger charge is -2.17. The van der Waals surface area contributed by atoms with Gasteiger partial charge in [0.2, 0.25) is 5.91 Å². The summed E-state index contributed by atoms with van der Waals surface area (Å²) in [5.74, 6) is -0.128. The molecular weight excluding hydrogens is 310 g/mol. The Kier molecular flexibility index (Phi) is 5.96. The van der Waals surface area contributed by atoms with Gasteiger partial charge in [-0.15, -0.1) is 0 Å². The molecule has 0 fully saturated rings. The van der Waals surface area contributed by atoms with E-state index in [0.29, 0.717) is 13.0 Å². The van der Waals surface area contributed by atoms with Gasteiger partial charge in [0.15, 0.2) is 0 Å². The molecule has 3 heteroatoms. The van der Waals surface area contributed by atoms with Gasteiger partial charge in [-0.05, 0) is 16.7 Å². The molecule has 0 aliphatic carbocycles. The van der Waals surface area contributed by atoms with Crippen molar-refractivity contribution in [2.24, 2.45) is 0 Å². The van der Waals surface area contributed by atoms with Gasteiger partial charge in [-0.2, -0.15) is 0 Å². The fraction of sp³-hybridized carbons (Fsp3) is 0.136. The highest BCUT2D eigenvalue weighted by atomic mass is 16.6. The second-order valence-corrected chi connectivity index (χ2v) is 5.88. The van der Waals surface area contributed by atoms with Crippen LogP contribution in [0, 0.1) is 0 Å². The van der Waals surface area contributed by atoms with Crippen molar-refractivity contribution in [1.29, 1.82) is 0 Å². The number of carbonyl (C=O) groups is 1. The first-order valence-corrected chi connectivity index (χ1v) is 8.37. The number of hydroxylamine groups is 1. The zero-order valence-corrected chi connectivity index (χ0v) is 14.0. The molecule has 3 rings (SSSR count). The van der Waals surface area contributed by atoms with E-state index >= 15 is 0 Å². The van der Waals surface area contributed by atoms with Crippen LogP contribution < -0.4 is 5.48 Å². The maximum absolute atomic E-state index is 12.4. The van der Waals surface area contributed by atoms with E-state index in [1.165, 1.54) is 0 Å². The van der Waals surface area contributed by atoms with Crippen molar-refractivity contribution < 1.29 is 9.63 Å². The lowest BCUT2D eigenvalue weighted by atomic mass is 9.88. The van der Waals surface area contributed by atoms with E-state index in [9.17, 15) is 4.79 Å². The normalized spacial score (nSPS) is 10.6. The van der Waals surface area contributed by atoms with Crippen LogP contribution in [-0.2, 0) is 16.2 Å². The number of hydrogen-bond donors (Lipinski definition) is 1. The molecule has 25 heavy (non-hydrogen) atoms. The molecule has 0 aliphatic heterocycles. The van der Waals surface area contributed by atoms with Gasteiger partial charge in [0.1, 0.15) is 0 Å². The van der Waals surface area contributed by atoms with Gasteiger partial charge in [0, 0.05) is 12.3 Å². The number of rotatable bonds is 7. The maximum atomic E-state index is 12.4. The number of hydrogen-bond acceptors (Lipinski definition) is 2. The maximum Gasteiger partial charge on any atom is 0.244 e. The second kappa shape index (κ2) is 8.81. The molecule has 0 heterocycles. The molecule has 3 nitrogen and oxygen atoms in total. The van der Waals surface area contributed by atoms with E-state index in [2.05, 4.69) is 29.7 Å². The zero-order chi connectivity index (χ0) is 17.3. The van der Waals surface area contributed by atoms with E-state index in [4.69, 9.17) is 4.84 Å². The molecule has 1 N–H and O–H groups in total. The molecule has 0 aromatic heterocycles. The van der Waals surface area contributed by atoms with E-state index in [-0.39, 0.29) is 11.8 Å². The lowest BCUT2D eigenvalue weighted by molar-refractivity contribution is -0.134. The Labute approximate surface area is 148 Å². The van der Waals surface area contributed by atoms with Gasteiger partial charge in [-0.25, -0.2) is 5.48 Å². The molecule has 1 amide bonds. The summed E-state index contributed by atoms with van der Waals surface area (Å²) < 4.78 is 0. The molecule has 0 saturated heterocycles. The van der Waals surface area contributed by atoms with Gasteiger partial charge in [0.25, 0.3) is 0 Å². The summed E-state index contributed by atoms with van der Waals surface area (Å²) in [5.41, 5.74) is 5.82. The van der Waals surface area contributed by atoms with Crippen LogP contribution in [0.1, 0.15) is 29.0 Å². The molecule has 0 spiro atoms. The topological polar surface area (TPSA) is 38.3 Å². The van der Waals surface area contributed by atoms with E-state index in [1.54, 1.807) is 0 Å². The van der Waals surface area contributed by atoms with Crippen molar-refractivity contribution in [3.8, 4) is 0 Å². The van der Waals surface area contributed by atoms with Gasteiger partial charge < -0.3 is 0 Å². The molecular formula is C22H21NO2. The smallest absolute Gasteiger partial charge is 0.244 e. The first-order valence-electron chi connectivity index (χ1n) is 8.37. The Balaban J connectivity index is 1.63. The Morgan fingerprint density at radius 2 is 1.24 bits per heavy atom. The minimum atomic E-state index is -0.131. The third-order valence-corrected chi connectivity index (χ3v) is 4.06. The summed E-state index contributed by atoms with van der Waals surface area (Å²) >= 11 is 0. The van der Waals surface area contributed by atoms with Crippen LogP contribution in [0.5, 0.6) is 0 Å². The van der Waals surface area contributed by atoms with E-state index in [1.807, 2.05) is 66.7 Å². The van der Waals surface area contributed by atoms with Gasteiger partial charge in [0.05, 0.1) is 6.61 Å². The van der Waals surface area contributed by atoms with Crippen molar-refractivity contribution in [2.75, 3.05) is 0 Å². The van der Waals surface area contributed by atoms with Crippen LogP contribution >= 0.6 is 0 Å². The van der Waals surface area contributed by atoms with Gasteiger partial charge in [-0.3, -0.25) is 9.63 Å². The Hall–Kier alpha value is -2.91. The first-order chi connectivity index (χ1) is 12.3. The molecule has 0 aliphatic rings. The van der Waals surface area contributed by atoms with Crippen molar-refractivity contribution in [1.82, 2.24) is 5.48 Å². The van der Waals surface area contributed by atoms with Crippen LogP contribution in [-0.4, -0.2) is 5.91 Å². The fourth-order valence-electron chi connectivity index (χ4n) is 2.80. The highest BCUT2D eigenvalue weighted by molar-refractivity contribution is 5.76. The predicted octanol–water partition coefficient (Wildman–Crippen LogP) is 4.46. The Morgan fingerprint density at radius 1 is 0.760 bits per heavy atom. The number of nitrogens with one attached hydrogen (secondary N) is 1. The second-order valence-electron chi connectivity index (χ2n) is 5.88. The SMILES string of the molecule is O=C(CC(c1ccccc1)c1ccccc1)NOCc1ccccc1. The van der Waals surface area contributed by atoms with Crippen LogP contribution in [0.4, 0.5) is 0 Å². The Bertz CT molecular complexity index is 733. The van der Waals surface area contributed by atoms with Crippen LogP contribution in [0.25, 0.3) is 0 Å². The van der Waals surface area contributed by atoms with Crippen molar-refractivity contribution in [2.45, 2.75) is 18.9 Å². The van der Waals surface area contributed by atoms with Crippen molar-refractivity contribution in [3.05, 3.63) is 108 Å². The van der Waals surface area contributed by atoms with Crippen molar-refractivity contribution >= 4 is 5.91 Å². The monoisotopic (exact) mass is 331 g/mol. The van der Waals surface area contributed by atoms with Crippen LogP contribution in [0.15, 0.2) is 91.0 Å².